The van der Waals surface area contributed by atoms with Gasteiger partial charge in [-0.05, 0) is 29.0 Å². The summed E-state index contributed by atoms with van der Waals surface area (Å²) in [5.41, 5.74) is 13.4. The Morgan fingerprint density at radius 3 is 2.68 bits per heavy atom. The summed E-state index contributed by atoms with van der Waals surface area (Å²) in [5.74, 6) is 1.54. The van der Waals surface area contributed by atoms with Gasteiger partial charge in [-0.2, -0.15) is 11.8 Å². The third kappa shape index (κ3) is 3.82. The van der Waals surface area contributed by atoms with Crippen LogP contribution in [0.3, 0.4) is 0 Å². The molecule has 0 aliphatic carbocycles. The van der Waals surface area contributed by atoms with Gasteiger partial charge in [-0.3, -0.25) is 10.1 Å². The minimum absolute atomic E-state index is 0.196. The highest BCUT2D eigenvalue weighted by molar-refractivity contribution is 7.98. The first kappa shape index (κ1) is 16.0. The quantitative estimate of drug-likeness (QED) is 0.656. The van der Waals surface area contributed by atoms with E-state index in [0.717, 1.165) is 17.1 Å². The number of aromatic amines is 1. The molecule has 116 valence electrons. The van der Waals surface area contributed by atoms with Gasteiger partial charge in [0, 0.05) is 11.4 Å². The number of nitrogens with one attached hydrogen (secondary N) is 2. The SMILES string of the molecule is CCSCc1cccc(-c2cc(C(N)=O)c(NC(N)=O)[nH]2)c1. The van der Waals surface area contributed by atoms with Gasteiger partial charge in [0.05, 0.1) is 5.56 Å². The van der Waals surface area contributed by atoms with Crippen LogP contribution < -0.4 is 16.8 Å². The van der Waals surface area contributed by atoms with Crippen LogP contribution in [0.1, 0.15) is 22.8 Å². The minimum atomic E-state index is -0.760. The Balaban J connectivity index is 2.36. The van der Waals surface area contributed by atoms with Crippen molar-refractivity contribution in [2.75, 3.05) is 11.1 Å². The Morgan fingerprint density at radius 1 is 1.27 bits per heavy atom. The summed E-state index contributed by atoms with van der Waals surface area (Å²) < 4.78 is 0. The molecule has 6 N–H and O–H groups in total. The van der Waals surface area contributed by atoms with Crippen LogP contribution in [-0.2, 0) is 5.75 Å². The second kappa shape index (κ2) is 7.04. The summed E-state index contributed by atoms with van der Waals surface area (Å²) >= 11 is 1.83. The largest absolute Gasteiger partial charge is 0.365 e. The number of benzene rings is 1. The molecule has 2 aromatic rings. The monoisotopic (exact) mass is 318 g/mol. The molecule has 6 nitrogen and oxygen atoms in total. The first-order valence-corrected chi connectivity index (χ1v) is 7.93. The lowest BCUT2D eigenvalue weighted by Crippen LogP contribution is -2.22. The summed E-state index contributed by atoms with van der Waals surface area (Å²) in [5, 5.41) is 2.37. The molecule has 0 saturated heterocycles. The van der Waals surface area contributed by atoms with Gasteiger partial charge in [0.2, 0.25) is 0 Å². The second-order valence-corrected chi connectivity index (χ2v) is 5.94. The summed E-state index contributed by atoms with van der Waals surface area (Å²) in [6.07, 6.45) is 0. The predicted molar refractivity (Wildman–Crippen MR) is 89.8 cm³/mol. The van der Waals surface area contributed by atoms with E-state index in [1.807, 2.05) is 36.0 Å². The molecule has 7 heteroatoms. The van der Waals surface area contributed by atoms with Crippen molar-refractivity contribution in [3.63, 3.8) is 0 Å². The van der Waals surface area contributed by atoms with Gasteiger partial charge in [-0.25, -0.2) is 4.79 Å². The molecule has 1 heterocycles. The Morgan fingerprint density at radius 2 is 2.05 bits per heavy atom. The Labute approximate surface area is 132 Å². The molecule has 0 unspecified atom stereocenters. The molecule has 3 amide bonds. The summed E-state index contributed by atoms with van der Waals surface area (Å²) in [6, 6.07) is 8.81. The molecule has 1 aromatic carbocycles. The van der Waals surface area contributed by atoms with Crippen molar-refractivity contribution in [3.05, 3.63) is 41.5 Å². The molecule has 2 rings (SSSR count). The van der Waals surface area contributed by atoms with Crippen LogP contribution in [0.5, 0.6) is 0 Å². The van der Waals surface area contributed by atoms with Crippen molar-refractivity contribution in [2.24, 2.45) is 11.5 Å². The van der Waals surface area contributed by atoms with Crippen molar-refractivity contribution in [1.82, 2.24) is 4.98 Å². The molecular weight excluding hydrogens is 300 g/mol. The topological polar surface area (TPSA) is 114 Å². The van der Waals surface area contributed by atoms with Gasteiger partial charge < -0.3 is 16.5 Å². The average molecular weight is 318 g/mol. The van der Waals surface area contributed by atoms with Crippen LogP contribution >= 0.6 is 11.8 Å². The molecular formula is C15H18N4O2S. The normalized spacial score (nSPS) is 10.4. The highest BCUT2D eigenvalue weighted by Gasteiger charge is 2.15. The van der Waals surface area contributed by atoms with E-state index in [9.17, 15) is 9.59 Å². The molecule has 0 fully saturated rings. The predicted octanol–water partition coefficient (Wildman–Crippen LogP) is 2.52. The standard InChI is InChI=1S/C15H18N4O2S/c1-2-22-8-9-4-3-5-10(6-9)12-7-11(13(16)20)14(18-12)19-15(17)21/h3-7,18H,2,8H2,1H3,(H2,16,20)(H3,17,19,21). The maximum Gasteiger partial charge on any atom is 0.317 e. The van der Waals surface area contributed by atoms with E-state index in [2.05, 4.69) is 17.2 Å². The first-order chi connectivity index (χ1) is 10.5. The molecule has 0 spiro atoms. The lowest BCUT2D eigenvalue weighted by molar-refractivity contribution is 0.100. The average Bonchev–Trinajstić information content (AvgIpc) is 2.88. The number of nitrogens with two attached hydrogens (primary N) is 2. The fourth-order valence-corrected chi connectivity index (χ4v) is 2.69. The van der Waals surface area contributed by atoms with Crippen LogP contribution in [-0.4, -0.2) is 22.7 Å². The zero-order chi connectivity index (χ0) is 16.1. The number of rotatable bonds is 6. The van der Waals surface area contributed by atoms with E-state index in [1.165, 1.54) is 5.56 Å². The number of amides is 3. The molecule has 0 atom stereocenters. The van der Waals surface area contributed by atoms with Crippen LogP contribution in [0.15, 0.2) is 30.3 Å². The molecule has 22 heavy (non-hydrogen) atoms. The zero-order valence-corrected chi connectivity index (χ0v) is 13.0. The van der Waals surface area contributed by atoms with Gasteiger partial charge in [-0.15, -0.1) is 0 Å². The number of carbonyl (C=O) groups excluding carboxylic acids is 2. The molecule has 0 aliphatic rings. The van der Waals surface area contributed by atoms with Gasteiger partial charge in [0.15, 0.2) is 0 Å². The first-order valence-electron chi connectivity index (χ1n) is 6.77. The van der Waals surface area contributed by atoms with Crippen molar-refractivity contribution >= 4 is 29.5 Å². The van der Waals surface area contributed by atoms with Gasteiger partial charge in [0.25, 0.3) is 5.91 Å². The van der Waals surface area contributed by atoms with Crippen LogP contribution in [0.25, 0.3) is 11.3 Å². The highest BCUT2D eigenvalue weighted by atomic mass is 32.2. The van der Waals surface area contributed by atoms with E-state index >= 15 is 0 Å². The van der Waals surface area contributed by atoms with E-state index < -0.39 is 11.9 Å². The van der Waals surface area contributed by atoms with Crippen molar-refractivity contribution in [1.29, 1.82) is 0 Å². The number of carbonyl (C=O) groups is 2. The Kier molecular flexibility index (Phi) is 5.11. The van der Waals surface area contributed by atoms with Crippen LogP contribution in [0.4, 0.5) is 10.6 Å². The number of urea groups is 1. The van der Waals surface area contributed by atoms with Crippen LogP contribution in [0, 0.1) is 0 Å². The van der Waals surface area contributed by atoms with Crippen molar-refractivity contribution in [2.45, 2.75) is 12.7 Å². The van der Waals surface area contributed by atoms with Crippen molar-refractivity contribution < 1.29 is 9.59 Å². The smallest absolute Gasteiger partial charge is 0.317 e. The number of primary amides is 2. The molecule has 0 saturated carbocycles. The molecule has 0 bridgehead atoms. The van der Waals surface area contributed by atoms with Crippen LogP contribution in [0.2, 0.25) is 0 Å². The third-order valence-electron chi connectivity index (χ3n) is 3.04. The number of aromatic nitrogens is 1. The fourth-order valence-electron chi connectivity index (χ4n) is 2.07. The van der Waals surface area contributed by atoms with E-state index in [0.29, 0.717) is 5.69 Å². The number of hydrogen-bond donors (Lipinski definition) is 4. The summed E-state index contributed by atoms with van der Waals surface area (Å²) in [6.45, 7) is 2.11. The van der Waals surface area contributed by atoms with E-state index in [1.54, 1.807) is 6.07 Å². The van der Waals surface area contributed by atoms with Gasteiger partial charge in [-0.1, -0.05) is 25.1 Å². The second-order valence-electron chi connectivity index (χ2n) is 4.66. The fraction of sp³-hybridized carbons (Fsp3) is 0.200. The van der Waals surface area contributed by atoms with E-state index in [-0.39, 0.29) is 11.4 Å². The zero-order valence-electron chi connectivity index (χ0n) is 12.2. The third-order valence-corrected chi connectivity index (χ3v) is 3.99. The molecule has 1 aromatic heterocycles. The Hall–Kier alpha value is -2.41. The minimum Gasteiger partial charge on any atom is -0.365 e. The summed E-state index contributed by atoms with van der Waals surface area (Å²) in [4.78, 5) is 25.4. The maximum atomic E-state index is 11.5. The maximum absolute atomic E-state index is 11.5. The number of anilines is 1. The lowest BCUT2D eigenvalue weighted by Gasteiger charge is -2.03. The Bertz CT molecular complexity index is 697. The summed E-state index contributed by atoms with van der Waals surface area (Å²) in [7, 11) is 0. The van der Waals surface area contributed by atoms with E-state index in [4.69, 9.17) is 11.5 Å². The molecule has 0 radical (unpaired) electrons. The number of thioether (sulfide) groups is 1. The van der Waals surface area contributed by atoms with Gasteiger partial charge in [0.1, 0.15) is 5.82 Å². The lowest BCUT2D eigenvalue weighted by atomic mass is 10.1. The number of hydrogen-bond acceptors (Lipinski definition) is 3. The van der Waals surface area contributed by atoms with Gasteiger partial charge >= 0.3 is 6.03 Å². The molecule has 0 aliphatic heterocycles. The number of H-pyrrole nitrogens is 1. The highest BCUT2D eigenvalue weighted by Crippen LogP contribution is 2.26. The van der Waals surface area contributed by atoms with Crippen molar-refractivity contribution in [3.8, 4) is 11.3 Å².